The third-order valence-electron chi connectivity index (χ3n) is 3.44. The standard InChI is InChI=1S/C15H20N2O/c1-3-12(10-16)18-13-6-7-14-11(9-13)5-8-15(14)17-4-2/h6-7,9,12,15,17H,3-5,8H2,1-2H3. The number of aryl methyl sites for hydroxylation is 1. The van der Waals surface area contributed by atoms with Crippen molar-refractivity contribution in [1.82, 2.24) is 5.32 Å². The molecule has 1 aliphatic rings. The zero-order valence-corrected chi connectivity index (χ0v) is 11.1. The second-order valence-corrected chi connectivity index (χ2v) is 4.65. The average Bonchev–Trinajstić information content (AvgIpc) is 2.79. The molecule has 0 aliphatic heterocycles. The molecule has 96 valence electrons. The summed E-state index contributed by atoms with van der Waals surface area (Å²) in [6.07, 6.45) is 2.62. The molecule has 1 aliphatic carbocycles. The van der Waals surface area contributed by atoms with Crippen LogP contribution in [0.1, 0.15) is 43.9 Å². The molecule has 0 heterocycles. The van der Waals surface area contributed by atoms with Crippen molar-refractivity contribution in [2.24, 2.45) is 0 Å². The van der Waals surface area contributed by atoms with Gasteiger partial charge in [0, 0.05) is 6.04 Å². The van der Waals surface area contributed by atoms with Crippen LogP contribution in [0.3, 0.4) is 0 Å². The molecule has 0 bridgehead atoms. The molecule has 0 amide bonds. The molecule has 18 heavy (non-hydrogen) atoms. The van der Waals surface area contributed by atoms with Crippen molar-refractivity contribution < 1.29 is 4.74 Å². The molecule has 1 N–H and O–H groups in total. The number of nitrogens with one attached hydrogen (secondary N) is 1. The maximum Gasteiger partial charge on any atom is 0.184 e. The van der Waals surface area contributed by atoms with Gasteiger partial charge < -0.3 is 10.1 Å². The Hall–Kier alpha value is -1.53. The Bertz CT molecular complexity index is 450. The molecule has 0 spiro atoms. The predicted octanol–water partition coefficient (Wildman–Crippen LogP) is 2.96. The molecular weight excluding hydrogens is 224 g/mol. The zero-order valence-electron chi connectivity index (χ0n) is 11.1. The molecule has 2 rings (SSSR count). The summed E-state index contributed by atoms with van der Waals surface area (Å²) in [5, 5.41) is 12.4. The summed E-state index contributed by atoms with van der Waals surface area (Å²) in [6.45, 7) is 5.09. The Balaban J connectivity index is 2.12. The van der Waals surface area contributed by atoms with E-state index in [1.54, 1.807) is 0 Å². The molecule has 0 fully saturated rings. The Labute approximate surface area is 109 Å². The van der Waals surface area contributed by atoms with Gasteiger partial charge in [0.1, 0.15) is 11.8 Å². The minimum absolute atomic E-state index is 0.339. The Morgan fingerprint density at radius 2 is 2.33 bits per heavy atom. The lowest BCUT2D eigenvalue weighted by Crippen LogP contribution is -2.18. The molecule has 0 radical (unpaired) electrons. The number of benzene rings is 1. The highest BCUT2D eigenvalue weighted by Gasteiger charge is 2.22. The van der Waals surface area contributed by atoms with Gasteiger partial charge in [0.05, 0.1) is 0 Å². The number of hydrogen-bond donors (Lipinski definition) is 1. The summed E-state index contributed by atoms with van der Waals surface area (Å²) in [5.74, 6) is 0.819. The Morgan fingerprint density at radius 3 is 3.00 bits per heavy atom. The summed E-state index contributed by atoms with van der Waals surface area (Å²) in [4.78, 5) is 0. The molecule has 0 saturated carbocycles. The van der Waals surface area contributed by atoms with E-state index in [-0.39, 0.29) is 6.10 Å². The Morgan fingerprint density at radius 1 is 1.50 bits per heavy atom. The van der Waals surface area contributed by atoms with E-state index in [0.717, 1.165) is 25.1 Å². The lowest BCUT2D eigenvalue weighted by Gasteiger charge is -2.14. The van der Waals surface area contributed by atoms with E-state index in [0.29, 0.717) is 12.5 Å². The van der Waals surface area contributed by atoms with Gasteiger partial charge in [-0.15, -0.1) is 0 Å². The molecule has 1 aromatic carbocycles. The molecule has 2 atom stereocenters. The van der Waals surface area contributed by atoms with E-state index in [1.807, 2.05) is 13.0 Å². The fourth-order valence-corrected chi connectivity index (χ4v) is 2.49. The normalized spacial score (nSPS) is 19.1. The fourth-order valence-electron chi connectivity index (χ4n) is 2.49. The monoisotopic (exact) mass is 244 g/mol. The van der Waals surface area contributed by atoms with Crippen LogP contribution in [0.15, 0.2) is 18.2 Å². The van der Waals surface area contributed by atoms with Crippen LogP contribution in [0.4, 0.5) is 0 Å². The number of fused-ring (bicyclic) bond motifs is 1. The van der Waals surface area contributed by atoms with Crippen molar-refractivity contribution in [3.05, 3.63) is 29.3 Å². The van der Waals surface area contributed by atoms with Gasteiger partial charge >= 0.3 is 0 Å². The van der Waals surface area contributed by atoms with Crippen LogP contribution in [-0.4, -0.2) is 12.6 Å². The van der Waals surface area contributed by atoms with E-state index < -0.39 is 0 Å². The van der Waals surface area contributed by atoms with Crippen LogP contribution >= 0.6 is 0 Å². The van der Waals surface area contributed by atoms with Crippen LogP contribution in [0.2, 0.25) is 0 Å². The van der Waals surface area contributed by atoms with E-state index >= 15 is 0 Å². The van der Waals surface area contributed by atoms with Crippen molar-refractivity contribution in [2.75, 3.05) is 6.54 Å². The maximum atomic E-state index is 8.91. The van der Waals surface area contributed by atoms with Gasteiger partial charge in [-0.25, -0.2) is 0 Å². The van der Waals surface area contributed by atoms with Crippen LogP contribution in [0.5, 0.6) is 5.75 Å². The summed E-state index contributed by atoms with van der Waals surface area (Å²) in [6, 6.07) is 8.85. The smallest absolute Gasteiger partial charge is 0.184 e. The lowest BCUT2D eigenvalue weighted by molar-refractivity contribution is 0.251. The Kier molecular flexibility index (Phi) is 4.22. The topological polar surface area (TPSA) is 45.0 Å². The van der Waals surface area contributed by atoms with E-state index in [9.17, 15) is 0 Å². The third kappa shape index (κ3) is 2.65. The van der Waals surface area contributed by atoms with E-state index in [1.165, 1.54) is 11.1 Å². The van der Waals surface area contributed by atoms with Crippen molar-refractivity contribution in [3.8, 4) is 11.8 Å². The van der Waals surface area contributed by atoms with Gasteiger partial charge in [-0.2, -0.15) is 5.26 Å². The highest BCUT2D eigenvalue weighted by Crippen LogP contribution is 2.33. The first kappa shape index (κ1) is 12.9. The van der Waals surface area contributed by atoms with Gasteiger partial charge in [-0.1, -0.05) is 19.9 Å². The second-order valence-electron chi connectivity index (χ2n) is 4.65. The van der Waals surface area contributed by atoms with Crippen LogP contribution in [0.25, 0.3) is 0 Å². The third-order valence-corrected chi connectivity index (χ3v) is 3.44. The summed E-state index contributed by atoms with van der Waals surface area (Å²) in [7, 11) is 0. The maximum absolute atomic E-state index is 8.91. The summed E-state index contributed by atoms with van der Waals surface area (Å²) in [5.41, 5.74) is 2.74. The highest BCUT2D eigenvalue weighted by molar-refractivity contribution is 5.40. The molecule has 1 aromatic rings. The largest absolute Gasteiger partial charge is 0.476 e. The summed E-state index contributed by atoms with van der Waals surface area (Å²) >= 11 is 0. The van der Waals surface area contributed by atoms with E-state index in [2.05, 4.69) is 30.4 Å². The lowest BCUT2D eigenvalue weighted by atomic mass is 10.1. The van der Waals surface area contributed by atoms with Crippen molar-refractivity contribution in [2.45, 2.75) is 45.3 Å². The highest BCUT2D eigenvalue weighted by atomic mass is 16.5. The molecule has 0 saturated heterocycles. The van der Waals surface area contributed by atoms with E-state index in [4.69, 9.17) is 10.00 Å². The predicted molar refractivity (Wildman–Crippen MR) is 71.5 cm³/mol. The van der Waals surface area contributed by atoms with Gasteiger partial charge in [0.15, 0.2) is 6.10 Å². The molecule has 3 heteroatoms. The van der Waals surface area contributed by atoms with Gasteiger partial charge in [0.2, 0.25) is 0 Å². The number of hydrogen-bond acceptors (Lipinski definition) is 3. The minimum atomic E-state index is -0.339. The first-order valence-corrected chi connectivity index (χ1v) is 6.71. The van der Waals surface area contributed by atoms with Gasteiger partial charge in [-0.3, -0.25) is 0 Å². The number of nitriles is 1. The number of rotatable bonds is 5. The van der Waals surface area contributed by atoms with Crippen molar-refractivity contribution >= 4 is 0 Å². The molecule has 3 nitrogen and oxygen atoms in total. The van der Waals surface area contributed by atoms with Crippen LogP contribution in [-0.2, 0) is 6.42 Å². The second kappa shape index (κ2) is 5.88. The van der Waals surface area contributed by atoms with Gasteiger partial charge in [-0.05, 0) is 49.1 Å². The molecule has 0 aromatic heterocycles. The van der Waals surface area contributed by atoms with Crippen LogP contribution < -0.4 is 10.1 Å². The molecule has 2 unspecified atom stereocenters. The minimum Gasteiger partial charge on any atom is -0.476 e. The first-order chi connectivity index (χ1) is 8.78. The first-order valence-electron chi connectivity index (χ1n) is 6.71. The fraction of sp³-hybridized carbons (Fsp3) is 0.533. The van der Waals surface area contributed by atoms with Crippen LogP contribution in [0, 0.1) is 11.3 Å². The quantitative estimate of drug-likeness (QED) is 0.866. The SMILES string of the molecule is CCNC1CCc2cc(OC(C#N)CC)ccc21. The molecular formula is C15H20N2O. The van der Waals surface area contributed by atoms with Crippen molar-refractivity contribution in [3.63, 3.8) is 0 Å². The van der Waals surface area contributed by atoms with Crippen molar-refractivity contribution in [1.29, 1.82) is 5.26 Å². The number of nitrogens with zero attached hydrogens (tertiary/aromatic N) is 1. The number of ether oxygens (including phenoxy) is 1. The average molecular weight is 244 g/mol. The summed E-state index contributed by atoms with van der Waals surface area (Å²) < 4.78 is 5.65. The zero-order chi connectivity index (χ0) is 13.0. The van der Waals surface area contributed by atoms with Gasteiger partial charge in [0.25, 0.3) is 0 Å².